The zero-order chi connectivity index (χ0) is 14.5. The van der Waals surface area contributed by atoms with Gasteiger partial charge >= 0.3 is 0 Å². The van der Waals surface area contributed by atoms with Gasteiger partial charge in [-0.15, -0.1) is 11.8 Å². The van der Waals surface area contributed by atoms with Gasteiger partial charge in [0.1, 0.15) is 5.75 Å². The predicted octanol–water partition coefficient (Wildman–Crippen LogP) is 5.27. The van der Waals surface area contributed by atoms with E-state index in [2.05, 4.69) is 0 Å². The van der Waals surface area contributed by atoms with Crippen LogP contribution in [0.15, 0.2) is 41.3 Å². The van der Waals surface area contributed by atoms with E-state index in [-0.39, 0.29) is 0 Å². The highest BCUT2D eigenvalue weighted by atomic mass is 35.5. The van der Waals surface area contributed by atoms with Gasteiger partial charge in [-0.3, -0.25) is 0 Å². The second-order valence-electron chi connectivity index (χ2n) is 4.12. The summed E-state index contributed by atoms with van der Waals surface area (Å²) in [5.41, 5.74) is 7.63. The molecule has 0 heterocycles. The molecule has 2 rings (SSSR count). The smallest absolute Gasteiger partial charge is 0.120 e. The van der Waals surface area contributed by atoms with Gasteiger partial charge in [0.25, 0.3) is 0 Å². The highest BCUT2D eigenvalue weighted by molar-refractivity contribution is 7.98. The molecular formula is C15H15Cl2NOS. The number of hydrogen-bond acceptors (Lipinski definition) is 3. The molecule has 2 N–H and O–H groups in total. The molecule has 5 heteroatoms. The van der Waals surface area contributed by atoms with Crippen LogP contribution in [0.3, 0.4) is 0 Å². The molecule has 0 amide bonds. The lowest BCUT2D eigenvalue weighted by Gasteiger charge is -2.10. The third-order valence-electron chi connectivity index (χ3n) is 2.73. The summed E-state index contributed by atoms with van der Waals surface area (Å²) < 4.78 is 5.48. The summed E-state index contributed by atoms with van der Waals surface area (Å²) in [5, 5.41) is 1.34. The quantitative estimate of drug-likeness (QED) is 0.600. The molecule has 0 atom stereocenters. The van der Waals surface area contributed by atoms with E-state index in [0.717, 1.165) is 21.9 Å². The first-order valence-electron chi connectivity index (χ1n) is 6.19. The molecule has 106 valence electrons. The maximum atomic E-state index is 6.16. The topological polar surface area (TPSA) is 35.2 Å². The second-order valence-corrected chi connectivity index (χ2v) is 5.95. The monoisotopic (exact) mass is 327 g/mol. The summed E-state index contributed by atoms with van der Waals surface area (Å²) in [6.45, 7) is 2.58. The third kappa shape index (κ3) is 3.75. The minimum Gasteiger partial charge on any atom is -0.494 e. The number of hydrogen-bond donors (Lipinski definition) is 1. The largest absolute Gasteiger partial charge is 0.494 e. The lowest BCUT2D eigenvalue weighted by Crippen LogP contribution is -1.94. The number of ether oxygens (including phenoxy) is 1. The average Bonchev–Trinajstić information content (AvgIpc) is 2.42. The Morgan fingerprint density at radius 2 is 1.85 bits per heavy atom. The van der Waals surface area contributed by atoms with Crippen molar-refractivity contribution in [3.05, 3.63) is 52.0 Å². The molecular weight excluding hydrogens is 313 g/mol. The molecule has 20 heavy (non-hydrogen) atoms. The molecule has 2 nitrogen and oxygen atoms in total. The Labute approximate surface area is 133 Å². The Morgan fingerprint density at radius 3 is 2.50 bits per heavy atom. The van der Waals surface area contributed by atoms with Gasteiger partial charge in [-0.25, -0.2) is 0 Å². The van der Waals surface area contributed by atoms with E-state index in [9.17, 15) is 0 Å². The predicted molar refractivity (Wildman–Crippen MR) is 88.0 cm³/mol. The van der Waals surface area contributed by atoms with E-state index in [4.69, 9.17) is 33.7 Å². The van der Waals surface area contributed by atoms with Gasteiger partial charge in [0, 0.05) is 26.4 Å². The van der Waals surface area contributed by atoms with Crippen molar-refractivity contribution < 1.29 is 4.74 Å². The fraction of sp³-hybridized carbons (Fsp3) is 0.200. The van der Waals surface area contributed by atoms with Crippen LogP contribution in [0.2, 0.25) is 10.0 Å². The van der Waals surface area contributed by atoms with Crippen molar-refractivity contribution in [3.8, 4) is 5.75 Å². The van der Waals surface area contributed by atoms with Crippen LogP contribution in [0.5, 0.6) is 5.75 Å². The lowest BCUT2D eigenvalue weighted by atomic mass is 10.2. The number of benzene rings is 2. The maximum absolute atomic E-state index is 6.16. The number of nitrogen functional groups attached to an aromatic ring is 1. The van der Waals surface area contributed by atoms with E-state index < -0.39 is 0 Å². The van der Waals surface area contributed by atoms with Crippen molar-refractivity contribution in [1.29, 1.82) is 0 Å². The van der Waals surface area contributed by atoms with Crippen molar-refractivity contribution in [3.63, 3.8) is 0 Å². The van der Waals surface area contributed by atoms with Crippen LogP contribution in [0.25, 0.3) is 0 Å². The highest BCUT2D eigenvalue weighted by Crippen LogP contribution is 2.35. The van der Waals surface area contributed by atoms with Gasteiger partial charge in [-0.05, 0) is 42.8 Å². The molecule has 0 aromatic heterocycles. The van der Waals surface area contributed by atoms with Gasteiger partial charge in [0.2, 0.25) is 0 Å². The van der Waals surface area contributed by atoms with E-state index in [1.54, 1.807) is 11.8 Å². The molecule has 0 spiro atoms. The van der Waals surface area contributed by atoms with Crippen LogP contribution in [-0.4, -0.2) is 6.61 Å². The molecule has 0 unspecified atom stereocenters. The molecule has 0 saturated carbocycles. The molecule has 2 aromatic carbocycles. The van der Waals surface area contributed by atoms with Gasteiger partial charge in [0.05, 0.1) is 6.61 Å². The van der Waals surface area contributed by atoms with Crippen molar-refractivity contribution in [2.24, 2.45) is 0 Å². The Morgan fingerprint density at radius 1 is 1.15 bits per heavy atom. The summed E-state index contributed by atoms with van der Waals surface area (Å²) in [5.74, 6) is 1.48. The molecule has 0 aliphatic rings. The van der Waals surface area contributed by atoms with Crippen molar-refractivity contribution in [2.75, 3.05) is 12.3 Å². The summed E-state index contributed by atoms with van der Waals surface area (Å²) >= 11 is 13.9. The zero-order valence-corrected chi connectivity index (χ0v) is 13.4. The normalized spacial score (nSPS) is 10.6. The molecule has 0 radical (unpaired) electrons. The van der Waals surface area contributed by atoms with Crippen molar-refractivity contribution >= 4 is 40.7 Å². The summed E-state index contributed by atoms with van der Waals surface area (Å²) in [4.78, 5) is 0.965. The SMILES string of the molecule is CCOc1ccc(N)c(SCc2c(Cl)cccc2Cl)c1. The van der Waals surface area contributed by atoms with Crippen LogP contribution in [0.1, 0.15) is 12.5 Å². The standard InChI is InChI=1S/C15H15Cl2NOS/c1-2-19-10-6-7-14(18)15(8-10)20-9-11-12(16)4-3-5-13(11)17/h3-8H,2,9,18H2,1H3. The highest BCUT2D eigenvalue weighted by Gasteiger charge is 2.08. The van der Waals surface area contributed by atoms with Crippen LogP contribution < -0.4 is 10.5 Å². The fourth-order valence-corrected chi connectivity index (χ4v) is 3.45. The third-order valence-corrected chi connectivity index (χ3v) is 4.54. The summed E-state index contributed by atoms with van der Waals surface area (Å²) in [6.07, 6.45) is 0. The number of halogens is 2. The first kappa shape index (κ1) is 15.4. The van der Waals surface area contributed by atoms with E-state index in [0.29, 0.717) is 22.4 Å². The van der Waals surface area contributed by atoms with Crippen molar-refractivity contribution in [2.45, 2.75) is 17.6 Å². The first-order valence-corrected chi connectivity index (χ1v) is 7.94. The van der Waals surface area contributed by atoms with Gasteiger partial charge < -0.3 is 10.5 Å². The van der Waals surface area contributed by atoms with E-state index in [1.165, 1.54) is 0 Å². The van der Waals surface area contributed by atoms with Gasteiger partial charge in [-0.2, -0.15) is 0 Å². The zero-order valence-electron chi connectivity index (χ0n) is 11.0. The molecule has 2 aromatic rings. The fourth-order valence-electron chi connectivity index (χ4n) is 1.72. The van der Waals surface area contributed by atoms with Crippen molar-refractivity contribution in [1.82, 2.24) is 0 Å². The summed E-state index contributed by atoms with van der Waals surface area (Å²) in [6, 6.07) is 11.2. The number of anilines is 1. The molecule has 0 bridgehead atoms. The first-order chi connectivity index (χ1) is 9.61. The van der Waals surface area contributed by atoms with Crippen LogP contribution in [0, 0.1) is 0 Å². The Hall–Kier alpha value is -1.03. The molecule has 0 saturated heterocycles. The van der Waals surface area contributed by atoms with Crippen LogP contribution in [-0.2, 0) is 5.75 Å². The number of nitrogens with two attached hydrogens (primary N) is 1. The van der Waals surface area contributed by atoms with Crippen LogP contribution >= 0.6 is 35.0 Å². The molecule has 0 aliphatic carbocycles. The van der Waals surface area contributed by atoms with Crippen LogP contribution in [0.4, 0.5) is 5.69 Å². The summed E-state index contributed by atoms with van der Waals surface area (Å²) in [7, 11) is 0. The lowest BCUT2D eigenvalue weighted by molar-refractivity contribution is 0.339. The number of rotatable bonds is 5. The minimum atomic E-state index is 0.629. The molecule has 0 fully saturated rings. The van der Waals surface area contributed by atoms with E-state index >= 15 is 0 Å². The van der Waals surface area contributed by atoms with Gasteiger partial charge in [-0.1, -0.05) is 29.3 Å². The Bertz CT molecular complexity index is 584. The Balaban J connectivity index is 2.16. The average molecular weight is 328 g/mol. The number of thioether (sulfide) groups is 1. The minimum absolute atomic E-state index is 0.629. The van der Waals surface area contributed by atoms with E-state index in [1.807, 2.05) is 43.3 Å². The van der Waals surface area contributed by atoms with Gasteiger partial charge in [0.15, 0.2) is 0 Å². The molecule has 0 aliphatic heterocycles. The Kier molecular flexibility index (Phi) is 5.46. The second kappa shape index (κ2) is 7.11. The maximum Gasteiger partial charge on any atom is 0.120 e.